The summed E-state index contributed by atoms with van der Waals surface area (Å²) in [4.78, 5) is 0. The van der Waals surface area contributed by atoms with E-state index in [1.807, 2.05) is 0 Å². The van der Waals surface area contributed by atoms with Crippen molar-refractivity contribution in [2.45, 2.75) is 44.8 Å². The summed E-state index contributed by atoms with van der Waals surface area (Å²) in [5.74, 6) is 5.08. The molecule has 0 aromatic heterocycles. The van der Waals surface area contributed by atoms with Crippen molar-refractivity contribution in [2.24, 2.45) is 5.84 Å². The molecule has 1 fully saturated rings. The minimum Gasteiger partial charge on any atom is -0.467 e. The smallest absolute Gasteiger partial charge is 0.271 e. The Morgan fingerprint density at radius 1 is 1.50 bits per heavy atom. The van der Waals surface area contributed by atoms with Gasteiger partial charge in [0, 0.05) is 19.4 Å². The van der Waals surface area contributed by atoms with E-state index < -0.39 is 0 Å². The molecule has 0 radical (unpaired) electrons. The van der Waals surface area contributed by atoms with Gasteiger partial charge in [-0.25, -0.2) is 5.84 Å². The Hall–Kier alpha value is -0.390. The van der Waals surface area contributed by atoms with Crippen LogP contribution in [0, 0.1) is 0 Å². The van der Waals surface area contributed by atoms with Crippen molar-refractivity contribution in [3.05, 3.63) is 0 Å². The molecule has 5 heteroatoms. The standard InChI is InChI=1S/C9H18N2O2S/c1-2-3-4-12-7-5-8(6-7)13-9(14)11-10/h7-8H,2-6,10H2,1H3,(H,11,14). The molecule has 0 saturated heterocycles. The molecule has 3 N–H and O–H groups in total. The molecule has 1 aliphatic rings. The molecule has 0 aliphatic heterocycles. The lowest BCUT2D eigenvalue weighted by molar-refractivity contribution is -0.0658. The van der Waals surface area contributed by atoms with Gasteiger partial charge in [0.15, 0.2) is 0 Å². The van der Waals surface area contributed by atoms with Crippen molar-refractivity contribution in [1.29, 1.82) is 0 Å². The number of unbranched alkanes of at least 4 members (excludes halogenated alkanes) is 1. The van der Waals surface area contributed by atoms with Crippen molar-refractivity contribution in [3.63, 3.8) is 0 Å². The highest BCUT2D eigenvalue weighted by Gasteiger charge is 2.31. The first-order valence-electron chi connectivity index (χ1n) is 5.05. The zero-order chi connectivity index (χ0) is 10.4. The lowest BCUT2D eigenvalue weighted by Gasteiger charge is -2.34. The van der Waals surface area contributed by atoms with Gasteiger partial charge in [-0.1, -0.05) is 13.3 Å². The van der Waals surface area contributed by atoms with Gasteiger partial charge in [0.25, 0.3) is 5.17 Å². The molecule has 0 spiro atoms. The van der Waals surface area contributed by atoms with Gasteiger partial charge in [-0.2, -0.15) is 0 Å². The fourth-order valence-corrected chi connectivity index (χ4v) is 1.47. The molecule has 0 bridgehead atoms. The summed E-state index contributed by atoms with van der Waals surface area (Å²) in [5.41, 5.74) is 2.30. The summed E-state index contributed by atoms with van der Waals surface area (Å²) in [5, 5.41) is 0.266. The van der Waals surface area contributed by atoms with Gasteiger partial charge in [-0.3, -0.25) is 5.43 Å². The van der Waals surface area contributed by atoms with Gasteiger partial charge in [0.05, 0.1) is 6.10 Å². The van der Waals surface area contributed by atoms with E-state index >= 15 is 0 Å². The fraction of sp³-hybridized carbons (Fsp3) is 0.889. The van der Waals surface area contributed by atoms with Crippen LogP contribution < -0.4 is 11.3 Å². The topological polar surface area (TPSA) is 56.5 Å². The summed E-state index contributed by atoms with van der Waals surface area (Å²) in [6, 6.07) is 0. The molecular formula is C9H18N2O2S. The summed E-state index contributed by atoms with van der Waals surface area (Å²) >= 11 is 4.78. The van der Waals surface area contributed by atoms with Crippen LogP contribution in [0.25, 0.3) is 0 Å². The normalized spacial score (nSPS) is 25.3. The average molecular weight is 218 g/mol. The number of hydrogen-bond acceptors (Lipinski definition) is 4. The second-order valence-electron chi connectivity index (χ2n) is 3.49. The number of hydrazine groups is 1. The lowest BCUT2D eigenvalue weighted by Crippen LogP contribution is -2.42. The summed E-state index contributed by atoms with van der Waals surface area (Å²) < 4.78 is 10.9. The maximum atomic E-state index is 5.59. The first kappa shape index (κ1) is 11.7. The van der Waals surface area contributed by atoms with Gasteiger partial charge in [-0.05, 0) is 18.6 Å². The lowest BCUT2D eigenvalue weighted by atomic mass is 9.92. The van der Waals surface area contributed by atoms with E-state index in [2.05, 4.69) is 12.3 Å². The van der Waals surface area contributed by atoms with Gasteiger partial charge in [0.1, 0.15) is 6.10 Å². The fourth-order valence-electron chi connectivity index (χ4n) is 1.33. The number of thiocarbonyl (C=S) groups is 1. The predicted octanol–water partition coefficient (Wildman–Crippen LogP) is 1.10. The molecule has 82 valence electrons. The quantitative estimate of drug-likeness (QED) is 0.313. The van der Waals surface area contributed by atoms with Crippen molar-refractivity contribution < 1.29 is 9.47 Å². The van der Waals surface area contributed by atoms with E-state index in [9.17, 15) is 0 Å². The van der Waals surface area contributed by atoms with Gasteiger partial charge >= 0.3 is 0 Å². The van der Waals surface area contributed by atoms with Gasteiger partial charge in [0.2, 0.25) is 0 Å². The second-order valence-corrected chi connectivity index (χ2v) is 3.86. The van der Waals surface area contributed by atoms with E-state index in [0.29, 0.717) is 6.10 Å². The Bertz CT molecular complexity index is 184. The van der Waals surface area contributed by atoms with Crippen molar-refractivity contribution in [3.8, 4) is 0 Å². The molecule has 0 unspecified atom stereocenters. The molecule has 0 aromatic carbocycles. The predicted molar refractivity (Wildman–Crippen MR) is 58.7 cm³/mol. The third kappa shape index (κ3) is 3.77. The first-order chi connectivity index (χ1) is 6.76. The minimum absolute atomic E-state index is 0.185. The Labute approximate surface area is 90.1 Å². The van der Waals surface area contributed by atoms with Crippen LogP contribution in [0.1, 0.15) is 32.6 Å². The van der Waals surface area contributed by atoms with Crippen LogP contribution in [0.4, 0.5) is 0 Å². The van der Waals surface area contributed by atoms with E-state index in [-0.39, 0.29) is 11.3 Å². The highest BCUT2D eigenvalue weighted by Crippen LogP contribution is 2.26. The molecule has 1 aliphatic carbocycles. The Morgan fingerprint density at radius 3 is 2.79 bits per heavy atom. The van der Waals surface area contributed by atoms with Crippen LogP contribution in [-0.2, 0) is 9.47 Å². The van der Waals surface area contributed by atoms with Crippen LogP contribution in [0.3, 0.4) is 0 Å². The third-order valence-electron chi connectivity index (χ3n) is 2.29. The van der Waals surface area contributed by atoms with E-state index in [1.54, 1.807) is 0 Å². The number of hydrogen-bond donors (Lipinski definition) is 2. The zero-order valence-corrected chi connectivity index (χ0v) is 9.31. The van der Waals surface area contributed by atoms with Crippen LogP contribution in [-0.4, -0.2) is 24.0 Å². The Kier molecular flexibility index (Phi) is 5.14. The molecule has 1 saturated carbocycles. The van der Waals surface area contributed by atoms with Gasteiger partial charge < -0.3 is 9.47 Å². The molecule has 4 nitrogen and oxygen atoms in total. The van der Waals surface area contributed by atoms with Gasteiger partial charge in [-0.15, -0.1) is 0 Å². The third-order valence-corrected chi connectivity index (χ3v) is 2.51. The molecule has 0 amide bonds. The molecular weight excluding hydrogens is 200 g/mol. The van der Waals surface area contributed by atoms with Crippen LogP contribution in [0.2, 0.25) is 0 Å². The molecule has 14 heavy (non-hydrogen) atoms. The SMILES string of the molecule is CCCCOC1CC(OC(=S)NN)C1. The number of nitrogens with one attached hydrogen (secondary N) is 1. The van der Waals surface area contributed by atoms with E-state index in [1.165, 1.54) is 6.42 Å². The highest BCUT2D eigenvalue weighted by molar-refractivity contribution is 7.80. The molecule has 0 aromatic rings. The largest absolute Gasteiger partial charge is 0.467 e. The van der Waals surface area contributed by atoms with Crippen molar-refractivity contribution >= 4 is 17.4 Å². The zero-order valence-electron chi connectivity index (χ0n) is 8.49. The summed E-state index contributed by atoms with van der Waals surface area (Å²) in [6.07, 6.45) is 4.69. The van der Waals surface area contributed by atoms with E-state index in [4.69, 9.17) is 27.5 Å². The number of ether oxygens (including phenoxy) is 2. The Balaban J connectivity index is 1.97. The monoisotopic (exact) mass is 218 g/mol. The molecule has 1 rings (SSSR count). The number of nitrogens with two attached hydrogens (primary N) is 1. The maximum Gasteiger partial charge on any atom is 0.271 e. The summed E-state index contributed by atoms with van der Waals surface area (Å²) in [6.45, 7) is 3.01. The minimum atomic E-state index is 0.185. The Morgan fingerprint density at radius 2 is 2.21 bits per heavy atom. The number of rotatable bonds is 5. The van der Waals surface area contributed by atoms with Crippen molar-refractivity contribution in [1.82, 2.24) is 5.43 Å². The van der Waals surface area contributed by atoms with E-state index in [0.717, 1.165) is 25.9 Å². The second kappa shape index (κ2) is 6.16. The van der Waals surface area contributed by atoms with Crippen LogP contribution in [0.15, 0.2) is 0 Å². The highest BCUT2D eigenvalue weighted by atomic mass is 32.1. The maximum absolute atomic E-state index is 5.59. The molecule has 0 heterocycles. The molecule has 0 atom stereocenters. The first-order valence-corrected chi connectivity index (χ1v) is 5.46. The van der Waals surface area contributed by atoms with Crippen LogP contribution in [0.5, 0.6) is 0 Å². The average Bonchev–Trinajstić information content (AvgIpc) is 2.13. The summed E-state index contributed by atoms with van der Waals surface area (Å²) in [7, 11) is 0. The van der Waals surface area contributed by atoms with Crippen molar-refractivity contribution in [2.75, 3.05) is 6.61 Å². The van der Waals surface area contributed by atoms with Crippen LogP contribution >= 0.6 is 12.2 Å².